The smallest absolute Gasteiger partial charge is 0.368 e. The molecule has 1 aromatic rings. The van der Waals surface area contributed by atoms with Crippen molar-refractivity contribution in [3.8, 4) is 0 Å². The molecule has 1 aromatic carbocycles. The van der Waals surface area contributed by atoms with Crippen LogP contribution < -0.4 is 0 Å². The van der Waals surface area contributed by atoms with Crippen LogP contribution in [0, 0.1) is 0 Å². The summed E-state index contributed by atoms with van der Waals surface area (Å²) in [5.41, 5.74) is 1.46. The van der Waals surface area contributed by atoms with Gasteiger partial charge in [-0.25, -0.2) is 4.79 Å². The van der Waals surface area contributed by atoms with Crippen LogP contribution in [-0.2, 0) is 16.1 Å². The number of benzene rings is 1. The van der Waals surface area contributed by atoms with E-state index in [1.165, 1.54) is 76.3 Å². The van der Waals surface area contributed by atoms with E-state index < -0.39 is 5.97 Å². The molecule has 0 aliphatic rings. The third-order valence-electron chi connectivity index (χ3n) is 4.67. The molecule has 4 heteroatoms. The largest absolute Gasteiger partial charge is 0.476 e. The molecule has 0 bridgehead atoms. The molecule has 0 saturated heterocycles. The Morgan fingerprint density at radius 2 is 1.33 bits per heavy atom. The first-order valence-corrected chi connectivity index (χ1v) is 10.5. The second kappa shape index (κ2) is 16.5. The Morgan fingerprint density at radius 3 is 1.78 bits per heavy atom. The molecule has 0 spiro atoms. The maximum Gasteiger partial charge on any atom is 0.368 e. The number of aliphatic carboxylic acids is 1. The normalized spacial score (nSPS) is 10.8. The van der Waals surface area contributed by atoms with Gasteiger partial charge in [-0.2, -0.15) is 0 Å². The van der Waals surface area contributed by atoms with Crippen molar-refractivity contribution in [3.05, 3.63) is 35.9 Å². The van der Waals surface area contributed by atoms with Crippen LogP contribution in [0.15, 0.2) is 30.3 Å². The number of carboxylic acids is 1. The van der Waals surface area contributed by atoms with Crippen molar-refractivity contribution in [2.24, 2.45) is 0 Å². The summed E-state index contributed by atoms with van der Waals surface area (Å²) in [7, 11) is 4.72. The minimum absolute atomic E-state index is 0.167. The van der Waals surface area contributed by atoms with Crippen molar-refractivity contribution < 1.29 is 19.2 Å². The molecule has 0 unspecified atom stereocenters. The summed E-state index contributed by atoms with van der Waals surface area (Å²) in [6.07, 6.45) is 14.1. The summed E-state index contributed by atoms with van der Waals surface area (Å²) >= 11 is 0. The topological polar surface area (TPSA) is 54.4 Å². The fourth-order valence-corrected chi connectivity index (χ4v) is 3.18. The molecule has 0 amide bonds. The van der Waals surface area contributed by atoms with Gasteiger partial charge in [-0.1, -0.05) is 88.6 Å². The summed E-state index contributed by atoms with van der Waals surface area (Å²) < 4.78 is 1.11. The number of carboxylic acid groups (broad SMARTS) is 1. The first-order chi connectivity index (χ1) is 12.9. The van der Waals surface area contributed by atoms with E-state index in [4.69, 9.17) is 14.7 Å². The summed E-state index contributed by atoms with van der Waals surface area (Å²) in [5, 5.41) is 7.35. The van der Waals surface area contributed by atoms with Gasteiger partial charge < -0.3 is 9.59 Å². The number of unbranched alkanes of at least 4 members (excludes halogenated alkanes) is 9. The molecule has 0 fully saturated rings. The van der Waals surface area contributed by atoms with Gasteiger partial charge >= 0.3 is 5.97 Å². The van der Waals surface area contributed by atoms with E-state index in [0.717, 1.165) is 11.0 Å². The predicted octanol–water partition coefficient (Wildman–Crippen LogP) is 5.45. The number of nitrogens with zero attached hydrogens (tertiary/aromatic N) is 1. The monoisotopic (exact) mass is 378 g/mol. The molecule has 0 heterocycles. The number of hydrogen-bond donors (Lipinski definition) is 1. The Labute approximate surface area is 166 Å². The van der Waals surface area contributed by atoms with Crippen LogP contribution in [0.5, 0.6) is 0 Å². The van der Waals surface area contributed by atoms with E-state index in [9.17, 15) is 0 Å². The Bertz CT molecular complexity index is 486. The lowest BCUT2D eigenvalue weighted by Gasteiger charge is -2.30. The number of hydrogen-bond acceptors (Lipinski definition) is 2. The highest BCUT2D eigenvalue weighted by Gasteiger charge is 2.14. The lowest BCUT2D eigenvalue weighted by atomic mass is 10.1. The van der Waals surface area contributed by atoms with Gasteiger partial charge in [0.1, 0.15) is 6.54 Å². The quantitative estimate of drug-likeness (QED) is 0.203. The average Bonchev–Trinajstić information content (AvgIpc) is 2.64. The molecule has 0 aromatic heterocycles. The lowest BCUT2D eigenvalue weighted by molar-refractivity contribution is -0.903. The van der Waals surface area contributed by atoms with Crippen LogP contribution in [0.25, 0.3) is 0 Å². The molecule has 154 valence electrons. The van der Waals surface area contributed by atoms with Gasteiger partial charge in [0.15, 0.2) is 0 Å². The van der Waals surface area contributed by atoms with Crippen LogP contribution in [-0.4, -0.2) is 42.5 Å². The molecule has 0 saturated carbocycles. The summed E-state index contributed by atoms with van der Waals surface area (Å²) in [5.74, 6) is -1.43. The van der Waals surface area contributed by atoms with Gasteiger partial charge in [0, 0.05) is 5.56 Å². The van der Waals surface area contributed by atoms with Crippen molar-refractivity contribution in [3.63, 3.8) is 0 Å². The number of carbonyl (C=O) groups excluding carboxylic acids is 1. The third kappa shape index (κ3) is 17.5. The Kier molecular flexibility index (Phi) is 15.5. The molecule has 0 radical (unpaired) electrons. The molecule has 0 aliphatic heterocycles. The van der Waals surface area contributed by atoms with Crippen LogP contribution in [0.4, 0.5) is 0 Å². The van der Waals surface area contributed by atoms with Crippen molar-refractivity contribution in [1.82, 2.24) is 0 Å². The van der Waals surface area contributed by atoms with Gasteiger partial charge in [-0.15, -0.1) is 0 Å². The van der Waals surface area contributed by atoms with Crippen LogP contribution in [0.2, 0.25) is 0 Å². The third-order valence-corrected chi connectivity index (χ3v) is 4.67. The zero-order valence-corrected chi connectivity index (χ0v) is 17.7. The van der Waals surface area contributed by atoms with E-state index >= 15 is 0 Å². The van der Waals surface area contributed by atoms with Crippen molar-refractivity contribution in [2.75, 3.05) is 20.6 Å². The van der Waals surface area contributed by atoms with Gasteiger partial charge in [-0.05, 0) is 12.8 Å². The van der Waals surface area contributed by atoms with E-state index in [1.54, 1.807) is 0 Å². The summed E-state index contributed by atoms with van der Waals surface area (Å²) in [6.45, 7) is 4.74. The minimum Gasteiger partial charge on any atom is -0.476 e. The summed E-state index contributed by atoms with van der Waals surface area (Å²) in [6, 6.07) is 10.9. The Balaban J connectivity index is 0.00000119. The SMILES string of the molecule is CCCCCCCCCCCC[N+](C)(C)Cc1ccccc1.O=CC(=O)O. The standard InChI is InChI=1S/C21H38N.C2H2O3/c1-4-5-6-7-8-9-10-11-12-16-19-22(2,3)20-21-17-14-13-15-18-21;3-1-2(4)5/h13-15,17-18H,4-12,16,19-20H2,1-3H3;1H,(H,4,5)/q+1;. The van der Waals surface area contributed by atoms with Crippen molar-refractivity contribution in [1.29, 1.82) is 0 Å². The van der Waals surface area contributed by atoms with Gasteiger partial charge in [0.25, 0.3) is 0 Å². The van der Waals surface area contributed by atoms with E-state index in [-0.39, 0.29) is 6.29 Å². The lowest BCUT2D eigenvalue weighted by Crippen LogP contribution is -2.39. The molecule has 0 aliphatic carbocycles. The van der Waals surface area contributed by atoms with E-state index in [0.29, 0.717) is 0 Å². The molecule has 27 heavy (non-hydrogen) atoms. The second-order valence-electron chi connectivity index (χ2n) is 7.94. The van der Waals surface area contributed by atoms with Crippen molar-refractivity contribution >= 4 is 12.3 Å². The van der Waals surface area contributed by atoms with Crippen LogP contribution in [0.3, 0.4) is 0 Å². The average molecular weight is 379 g/mol. The van der Waals surface area contributed by atoms with Crippen LogP contribution in [0.1, 0.15) is 76.7 Å². The second-order valence-corrected chi connectivity index (χ2v) is 7.94. The minimum atomic E-state index is -1.43. The predicted molar refractivity (Wildman–Crippen MR) is 113 cm³/mol. The number of aldehydes is 1. The highest BCUT2D eigenvalue weighted by Crippen LogP contribution is 2.13. The first kappa shape index (κ1) is 25.3. The molecule has 0 atom stereocenters. The maximum absolute atomic E-state index is 9.00. The van der Waals surface area contributed by atoms with Gasteiger partial charge in [0.2, 0.25) is 6.29 Å². The van der Waals surface area contributed by atoms with E-state index in [1.807, 2.05) is 0 Å². The zero-order valence-electron chi connectivity index (χ0n) is 17.7. The van der Waals surface area contributed by atoms with Crippen LogP contribution >= 0.6 is 0 Å². The Morgan fingerprint density at radius 1 is 0.889 bits per heavy atom. The zero-order chi connectivity index (χ0) is 20.4. The molecular formula is C23H40NO3+. The highest BCUT2D eigenvalue weighted by atomic mass is 16.4. The maximum atomic E-state index is 9.00. The van der Waals surface area contributed by atoms with Gasteiger partial charge in [-0.3, -0.25) is 4.79 Å². The molecule has 1 rings (SSSR count). The Hall–Kier alpha value is -1.68. The van der Waals surface area contributed by atoms with Gasteiger partial charge in [0.05, 0.1) is 20.6 Å². The van der Waals surface area contributed by atoms with E-state index in [2.05, 4.69) is 51.4 Å². The molecule has 1 N–H and O–H groups in total. The fraction of sp³-hybridized carbons (Fsp3) is 0.652. The fourth-order valence-electron chi connectivity index (χ4n) is 3.18. The number of carbonyl (C=O) groups is 2. The first-order valence-electron chi connectivity index (χ1n) is 10.5. The molecule has 4 nitrogen and oxygen atoms in total. The highest BCUT2D eigenvalue weighted by molar-refractivity contribution is 6.19. The summed E-state index contributed by atoms with van der Waals surface area (Å²) in [4.78, 5) is 17.9. The number of quaternary nitrogens is 1. The number of rotatable bonds is 14. The van der Waals surface area contributed by atoms with Crippen molar-refractivity contribution in [2.45, 2.75) is 77.7 Å². The molecular weight excluding hydrogens is 338 g/mol.